The second kappa shape index (κ2) is 8.39. The smallest absolute Gasteiger partial charge is 0.294 e. The van der Waals surface area contributed by atoms with Gasteiger partial charge in [0, 0.05) is 16.1 Å². The van der Waals surface area contributed by atoms with Gasteiger partial charge in [-0.05, 0) is 42.3 Å². The minimum atomic E-state index is -0.867. The van der Waals surface area contributed by atoms with Gasteiger partial charge in [0.2, 0.25) is 5.78 Å². The maximum atomic E-state index is 13.7. The first-order valence-electron chi connectivity index (χ1n) is 10.6. The molecule has 5 rings (SSSR count). The Morgan fingerprint density at radius 1 is 1.06 bits per heavy atom. The van der Waals surface area contributed by atoms with Crippen LogP contribution in [0.1, 0.15) is 27.7 Å². The third kappa shape index (κ3) is 3.35. The molecule has 34 heavy (non-hydrogen) atoms. The summed E-state index contributed by atoms with van der Waals surface area (Å²) in [6.07, 6.45) is 0. The molecule has 170 valence electrons. The second-order valence-corrected chi connectivity index (χ2v) is 8.36. The number of ether oxygens (including phenoxy) is 1. The van der Waals surface area contributed by atoms with Crippen LogP contribution >= 0.6 is 11.6 Å². The van der Waals surface area contributed by atoms with Crippen molar-refractivity contribution in [3.8, 4) is 5.75 Å². The van der Waals surface area contributed by atoms with Crippen LogP contribution in [0.3, 0.4) is 0 Å². The number of methoxy groups -OCH3 is 1. The summed E-state index contributed by atoms with van der Waals surface area (Å²) in [5.41, 5.74) is 2.18. The van der Waals surface area contributed by atoms with Gasteiger partial charge in [0.15, 0.2) is 22.9 Å². The Morgan fingerprint density at radius 3 is 2.53 bits per heavy atom. The van der Waals surface area contributed by atoms with Crippen molar-refractivity contribution in [1.82, 2.24) is 0 Å². The fraction of sp³-hybridized carbons (Fsp3) is 0.111. The molecule has 1 atom stereocenters. The number of hydrogen-bond acceptors (Lipinski definition) is 5. The molecule has 0 saturated carbocycles. The zero-order chi connectivity index (χ0) is 24.0. The molecule has 1 unspecified atom stereocenters. The lowest BCUT2D eigenvalue weighted by molar-refractivity contribution is -0.117. The molecular weight excluding hydrogens is 454 g/mol. The number of Topliss-reactive ketones (excluding diaryl/α,β-unsaturated/α-hetero) is 1. The molecule has 0 saturated heterocycles. The topological polar surface area (TPSA) is 80.0 Å². The number of aliphatic hydroxyl groups excluding tert-OH is 1. The fourth-order valence-electron chi connectivity index (χ4n) is 4.34. The van der Waals surface area contributed by atoms with Gasteiger partial charge in [-0.15, -0.1) is 0 Å². The standard InChI is InChI=1S/C27H20ClNO5/c1-15-18(28)11-7-12-19(15)29-23(16-8-4-3-5-9-16)22(25(31)27(29)32)24(30)21-14-17-10-6-13-20(33-2)26(17)34-21/h3-14,23,31H,1-2H3. The zero-order valence-corrected chi connectivity index (χ0v) is 19.2. The maximum Gasteiger partial charge on any atom is 0.294 e. The SMILES string of the molecule is COc1cccc2cc(C(=O)C3=C(O)C(=O)N(c4cccc(Cl)c4C)C3c3ccccc3)oc12. The first kappa shape index (κ1) is 21.8. The van der Waals surface area contributed by atoms with Gasteiger partial charge in [-0.1, -0.05) is 60.1 Å². The van der Waals surface area contributed by atoms with E-state index in [-0.39, 0.29) is 11.3 Å². The van der Waals surface area contributed by atoms with Crippen LogP contribution < -0.4 is 9.64 Å². The van der Waals surface area contributed by atoms with E-state index in [9.17, 15) is 14.7 Å². The average Bonchev–Trinajstić information content (AvgIpc) is 3.40. The van der Waals surface area contributed by atoms with Gasteiger partial charge < -0.3 is 14.3 Å². The molecule has 3 aromatic carbocycles. The monoisotopic (exact) mass is 473 g/mol. The molecular formula is C27H20ClNO5. The number of carbonyl (C=O) groups is 2. The molecule has 1 aromatic heterocycles. The summed E-state index contributed by atoms with van der Waals surface area (Å²) in [6.45, 7) is 1.79. The molecule has 0 bridgehead atoms. The Hall–Kier alpha value is -4.03. The number of amides is 1. The van der Waals surface area contributed by atoms with Crippen LogP contribution in [0.15, 0.2) is 88.5 Å². The summed E-state index contributed by atoms with van der Waals surface area (Å²) in [5, 5.41) is 12.1. The maximum absolute atomic E-state index is 13.7. The van der Waals surface area contributed by atoms with Crippen LogP contribution in [0.5, 0.6) is 5.75 Å². The van der Waals surface area contributed by atoms with Crippen molar-refractivity contribution >= 4 is 39.9 Å². The van der Waals surface area contributed by atoms with E-state index in [0.717, 1.165) is 0 Å². The largest absolute Gasteiger partial charge is 0.503 e. The molecule has 4 aromatic rings. The van der Waals surface area contributed by atoms with Crippen molar-refractivity contribution in [2.75, 3.05) is 12.0 Å². The van der Waals surface area contributed by atoms with Crippen LogP contribution in [0.4, 0.5) is 5.69 Å². The second-order valence-electron chi connectivity index (χ2n) is 7.95. The van der Waals surface area contributed by atoms with E-state index in [4.69, 9.17) is 20.8 Å². The number of para-hydroxylation sites is 1. The van der Waals surface area contributed by atoms with Gasteiger partial charge in [0.1, 0.15) is 0 Å². The third-order valence-electron chi connectivity index (χ3n) is 6.02. The number of carbonyl (C=O) groups excluding carboxylic acids is 2. The Bertz CT molecular complexity index is 1470. The number of ketones is 1. The molecule has 2 heterocycles. The Labute approximate surface area is 200 Å². The third-order valence-corrected chi connectivity index (χ3v) is 6.43. The number of nitrogens with zero attached hydrogens (tertiary/aromatic N) is 1. The number of benzene rings is 3. The Kier molecular flexibility index (Phi) is 5.38. The number of fused-ring (bicyclic) bond motifs is 1. The number of halogens is 1. The van der Waals surface area contributed by atoms with Crippen LogP contribution in [0.25, 0.3) is 11.0 Å². The van der Waals surface area contributed by atoms with Gasteiger partial charge in [-0.3, -0.25) is 14.5 Å². The molecule has 0 spiro atoms. The van der Waals surface area contributed by atoms with Crippen molar-refractivity contribution in [3.05, 3.63) is 106 Å². The highest BCUT2D eigenvalue weighted by atomic mass is 35.5. The van der Waals surface area contributed by atoms with E-state index in [1.165, 1.54) is 12.0 Å². The molecule has 0 aliphatic carbocycles. The summed E-state index contributed by atoms with van der Waals surface area (Å²) >= 11 is 6.33. The highest BCUT2D eigenvalue weighted by molar-refractivity contribution is 6.32. The molecule has 1 N–H and O–H groups in total. The average molecular weight is 474 g/mol. The van der Waals surface area contributed by atoms with Gasteiger partial charge in [-0.25, -0.2) is 0 Å². The summed E-state index contributed by atoms with van der Waals surface area (Å²) in [4.78, 5) is 28.5. The molecule has 1 aliphatic heterocycles. The fourth-order valence-corrected chi connectivity index (χ4v) is 4.50. The van der Waals surface area contributed by atoms with Gasteiger partial charge in [0.25, 0.3) is 5.91 Å². The normalized spacial score (nSPS) is 15.9. The van der Waals surface area contributed by atoms with Crippen LogP contribution in [0.2, 0.25) is 5.02 Å². The minimum absolute atomic E-state index is 0.000512. The molecule has 1 aliphatic rings. The van der Waals surface area contributed by atoms with Crippen molar-refractivity contribution < 1.29 is 23.8 Å². The van der Waals surface area contributed by atoms with Crippen molar-refractivity contribution in [1.29, 1.82) is 0 Å². The van der Waals surface area contributed by atoms with Crippen LogP contribution in [0, 0.1) is 6.92 Å². The predicted octanol–water partition coefficient (Wildman–Crippen LogP) is 6.19. The minimum Gasteiger partial charge on any atom is -0.503 e. The van der Waals surface area contributed by atoms with Gasteiger partial charge in [-0.2, -0.15) is 0 Å². The van der Waals surface area contributed by atoms with E-state index in [1.54, 1.807) is 61.5 Å². The number of hydrogen-bond donors (Lipinski definition) is 1. The molecule has 1 amide bonds. The molecule has 6 nitrogen and oxygen atoms in total. The number of furan rings is 1. The van der Waals surface area contributed by atoms with E-state index < -0.39 is 23.5 Å². The highest BCUT2D eigenvalue weighted by Crippen LogP contribution is 2.44. The lowest BCUT2D eigenvalue weighted by Gasteiger charge is -2.28. The molecule has 0 fully saturated rings. The number of aliphatic hydroxyl groups is 1. The Balaban J connectivity index is 1.68. The lowest BCUT2D eigenvalue weighted by Crippen LogP contribution is -2.31. The van der Waals surface area contributed by atoms with Crippen molar-refractivity contribution in [2.24, 2.45) is 0 Å². The Morgan fingerprint density at radius 2 is 1.79 bits per heavy atom. The first-order chi connectivity index (χ1) is 16.4. The molecule has 0 radical (unpaired) electrons. The van der Waals surface area contributed by atoms with Gasteiger partial charge in [0.05, 0.1) is 18.7 Å². The highest BCUT2D eigenvalue weighted by Gasteiger charge is 2.45. The van der Waals surface area contributed by atoms with Crippen molar-refractivity contribution in [3.63, 3.8) is 0 Å². The summed E-state index contributed by atoms with van der Waals surface area (Å²) in [5.74, 6) is -1.41. The van der Waals surface area contributed by atoms with Crippen molar-refractivity contribution in [2.45, 2.75) is 13.0 Å². The first-order valence-corrected chi connectivity index (χ1v) is 11.0. The summed E-state index contributed by atoms with van der Waals surface area (Å²) in [6, 6.07) is 20.3. The predicted molar refractivity (Wildman–Crippen MR) is 130 cm³/mol. The summed E-state index contributed by atoms with van der Waals surface area (Å²) < 4.78 is 11.2. The van der Waals surface area contributed by atoms with Gasteiger partial charge >= 0.3 is 0 Å². The van der Waals surface area contributed by atoms with E-state index in [1.807, 2.05) is 18.2 Å². The number of rotatable bonds is 5. The number of anilines is 1. The van der Waals surface area contributed by atoms with E-state index in [2.05, 4.69) is 0 Å². The van der Waals surface area contributed by atoms with Crippen LogP contribution in [-0.2, 0) is 4.79 Å². The quantitative estimate of drug-likeness (QED) is 0.350. The zero-order valence-electron chi connectivity index (χ0n) is 18.4. The molecule has 7 heteroatoms. The van der Waals surface area contributed by atoms with Crippen LogP contribution in [-0.4, -0.2) is 23.9 Å². The van der Waals surface area contributed by atoms with E-state index >= 15 is 0 Å². The lowest BCUT2D eigenvalue weighted by atomic mass is 9.94. The van der Waals surface area contributed by atoms with E-state index in [0.29, 0.717) is 38.6 Å². The summed E-state index contributed by atoms with van der Waals surface area (Å²) in [7, 11) is 1.51.